The topological polar surface area (TPSA) is 56.1 Å². The van der Waals surface area contributed by atoms with Crippen LogP contribution in [0.1, 0.15) is 22.2 Å². The minimum atomic E-state index is -0.448. The summed E-state index contributed by atoms with van der Waals surface area (Å²) in [6.45, 7) is 0.589. The number of halogens is 1. The Labute approximate surface area is 150 Å². The average Bonchev–Trinajstić information content (AvgIpc) is 3.24. The van der Waals surface area contributed by atoms with Crippen molar-refractivity contribution in [1.82, 2.24) is 14.9 Å². The number of methoxy groups -OCH3 is 1. The predicted molar refractivity (Wildman–Crippen MR) is 95.9 cm³/mol. The molecule has 1 aliphatic rings. The number of ether oxygens (including phenoxy) is 1. The number of benzene rings is 2. The SMILES string of the molecule is COc1ccc(-c2ncn3c2CNC3C(=O)c2ccc(Cl)cc2)cc1. The highest BCUT2D eigenvalue weighted by molar-refractivity contribution is 6.30. The molecule has 0 spiro atoms. The van der Waals surface area contributed by atoms with Gasteiger partial charge in [0.2, 0.25) is 0 Å². The van der Waals surface area contributed by atoms with Gasteiger partial charge in [-0.1, -0.05) is 11.6 Å². The molecule has 1 unspecified atom stereocenters. The molecule has 1 atom stereocenters. The molecule has 1 aromatic heterocycles. The van der Waals surface area contributed by atoms with Gasteiger partial charge in [0.25, 0.3) is 0 Å². The van der Waals surface area contributed by atoms with E-state index in [9.17, 15) is 4.79 Å². The molecular weight excluding hydrogens is 338 g/mol. The lowest BCUT2D eigenvalue weighted by Crippen LogP contribution is -2.26. The highest BCUT2D eigenvalue weighted by Gasteiger charge is 2.30. The third-order valence-electron chi connectivity index (χ3n) is 4.38. The van der Waals surface area contributed by atoms with Crippen molar-refractivity contribution in [3.05, 3.63) is 71.1 Å². The van der Waals surface area contributed by atoms with E-state index in [1.165, 1.54) is 0 Å². The van der Waals surface area contributed by atoms with Crippen molar-refractivity contribution < 1.29 is 9.53 Å². The maximum atomic E-state index is 12.8. The number of rotatable bonds is 4. The molecule has 0 amide bonds. The Morgan fingerprint density at radius 3 is 2.60 bits per heavy atom. The van der Waals surface area contributed by atoms with Crippen LogP contribution in [0.25, 0.3) is 11.3 Å². The van der Waals surface area contributed by atoms with Crippen LogP contribution in [0.4, 0.5) is 0 Å². The van der Waals surface area contributed by atoms with E-state index in [1.807, 2.05) is 28.8 Å². The molecule has 0 saturated heterocycles. The number of hydrogen-bond donors (Lipinski definition) is 1. The van der Waals surface area contributed by atoms with Crippen LogP contribution in [0.3, 0.4) is 0 Å². The summed E-state index contributed by atoms with van der Waals surface area (Å²) in [5.74, 6) is 0.794. The first-order valence-electron chi connectivity index (χ1n) is 7.90. The number of Topliss-reactive ketones (excluding diaryl/α,β-unsaturated/α-hetero) is 1. The number of hydrogen-bond acceptors (Lipinski definition) is 4. The van der Waals surface area contributed by atoms with Gasteiger partial charge in [0, 0.05) is 22.7 Å². The predicted octanol–water partition coefficient (Wildman–Crippen LogP) is 3.70. The summed E-state index contributed by atoms with van der Waals surface area (Å²) in [4.78, 5) is 17.3. The van der Waals surface area contributed by atoms with Crippen LogP contribution in [-0.2, 0) is 6.54 Å². The fourth-order valence-electron chi connectivity index (χ4n) is 3.06. The zero-order valence-electron chi connectivity index (χ0n) is 13.6. The van der Waals surface area contributed by atoms with E-state index in [2.05, 4.69) is 10.3 Å². The van der Waals surface area contributed by atoms with Gasteiger partial charge in [-0.2, -0.15) is 0 Å². The van der Waals surface area contributed by atoms with Gasteiger partial charge < -0.3 is 9.30 Å². The second-order valence-corrected chi connectivity index (χ2v) is 6.27. The average molecular weight is 354 g/mol. The molecule has 4 rings (SSSR count). The fraction of sp³-hybridized carbons (Fsp3) is 0.158. The first kappa shape index (κ1) is 15.9. The molecule has 1 aliphatic heterocycles. The van der Waals surface area contributed by atoms with Gasteiger partial charge in [0.15, 0.2) is 5.78 Å². The second-order valence-electron chi connectivity index (χ2n) is 5.83. The molecule has 126 valence electrons. The number of ketones is 1. The second kappa shape index (κ2) is 6.35. The van der Waals surface area contributed by atoms with Gasteiger partial charge in [-0.05, 0) is 48.5 Å². The Hall–Kier alpha value is -2.63. The van der Waals surface area contributed by atoms with Gasteiger partial charge in [-0.3, -0.25) is 10.1 Å². The highest BCUT2D eigenvalue weighted by Crippen LogP contribution is 2.30. The van der Waals surface area contributed by atoms with E-state index in [0.29, 0.717) is 17.1 Å². The molecular formula is C19H16ClN3O2. The van der Waals surface area contributed by atoms with E-state index in [4.69, 9.17) is 16.3 Å². The van der Waals surface area contributed by atoms with Gasteiger partial charge in [0.1, 0.15) is 11.9 Å². The highest BCUT2D eigenvalue weighted by atomic mass is 35.5. The van der Waals surface area contributed by atoms with Crippen molar-refractivity contribution in [2.24, 2.45) is 0 Å². The summed E-state index contributed by atoms with van der Waals surface area (Å²) in [6, 6.07) is 14.7. The molecule has 0 fully saturated rings. The number of nitrogens with zero attached hydrogens (tertiary/aromatic N) is 2. The van der Waals surface area contributed by atoms with Crippen LogP contribution in [0.2, 0.25) is 5.02 Å². The molecule has 0 saturated carbocycles. The Bertz CT molecular complexity index is 917. The molecule has 0 aliphatic carbocycles. The van der Waals surface area contributed by atoms with Crippen molar-refractivity contribution in [3.8, 4) is 17.0 Å². The first-order chi connectivity index (χ1) is 12.2. The molecule has 3 aromatic rings. The summed E-state index contributed by atoms with van der Waals surface area (Å²) in [7, 11) is 1.64. The summed E-state index contributed by atoms with van der Waals surface area (Å²) >= 11 is 5.90. The first-order valence-corrected chi connectivity index (χ1v) is 8.28. The zero-order valence-corrected chi connectivity index (χ0v) is 14.3. The summed E-state index contributed by atoms with van der Waals surface area (Å²) < 4.78 is 7.09. The number of carbonyl (C=O) groups is 1. The molecule has 0 bridgehead atoms. The molecule has 1 N–H and O–H groups in total. The normalized spacial score (nSPS) is 15.8. The number of fused-ring (bicyclic) bond motifs is 1. The number of aromatic nitrogens is 2. The molecule has 2 heterocycles. The molecule has 0 radical (unpaired) electrons. The van der Waals surface area contributed by atoms with E-state index < -0.39 is 6.17 Å². The smallest absolute Gasteiger partial charge is 0.200 e. The largest absolute Gasteiger partial charge is 0.497 e. The third-order valence-corrected chi connectivity index (χ3v) is 4.63. The lowest BCUT2D eigenvalue weighted by molar-refractivity contribution is 0.0914. The lowest BCUT2D eigenvalue weighted by Gasteiger charge is -2.12. The van der Waals surface area contributed by atoms with Crippen molar-refractivity contribution >= 4 is 17.4 Å². The third kappa shape index (κ3) is 2.81. The van der Waals surface area contributed by atoms with Gasteiger partial charge in [0.05, 0.1) is 24.8 Å². The van der Waals surface area contributed by atoms with E-state index in [-0.39, 0.29) is 5.78 Å². The van der Waals surface area contributed by atoms with Crippen molar-refractivity contribution in [2.45, 2.75) is 12.7 Å². The summed E-state index contributed by atoms with van der Waals surface area (Å²) in [5, 5.41) is 3.88. The number of nitrogens with one attached hydrogen (secondary N) is 1. The van der Waals surface area contributed by atoms with E-state index >= 15 is 0 Å². The van der Waals surface area contributed by atoms with Crippen LogP contribution < -0.4 is 10.1 Å². The van der Waals surface area contributed by atoms with Crippen LogP contribution in [0, 0.1) is 0 Å². The van der Waals surface area contributed by atoms with Crippen LogP contribution in [-0.4, -0.2) is 22.4 Å². The Morgan fingerprint density at radius 2 is 1.92 bits per heavy atom. The van der Waals surface area contributed by atoms with E-state index in [0.717, 1.165) is 22.7 Å². The van der Waals surface area contributed by atoms with Crippen molar-refractivity contribution in [3.63, 3.8) is 0 Å². The Balaban J connectivity index is 1.64. The molecule has 25 heavy (non-hydrogen) atoms. The van der Waals surface area contributed by atoms with Crippen LogP contribution in [0.5, 0.6) is 5.75 Å². The zero-order chi connectivity index (χ0) is 17.4. The standard InChI is InChI=1S/C19H16ClN3O2/c1-25-15-8-4-12(5-9-15)17-16-10-21-19(23(16)11-22-17)18(24)13-2-6-14(20)7-3-13/h2-9,11,19,21H,10H2,1H3. The van der Waals surface area contributed by atoms with Gasteiger partial charge in [-0.25, -0.2) is 4.98 Å². The lowest BCUT2D eigenvalue weighted by atomic mass is 10.1. The Kier molecular flexibility index (Phi) is 4.03. The quantitative estimate of drug-likeness (QED) is 0.727. The van der Waals surface area contributed by atoms with Crippen molar-refractivity contribution in [2.75, 3.05) is 7.11 Å². The van der Waals surface area contributed by atoms with Gasteiger partial charge >= 0.3 is 0 Å². The number of imidazole rings is 1. The fourth-order valence-corrected chi connectivity index (χ4v) is 3.18. The van der Waals surface area contributed by atoms with Crippen LogP contribution >= 0.6 is 11.6 Å². The molecule has 5 nitrogen and oxygen atoms in total. The minimum absolute atomic E-state index is 0.00547. The summed E-state index contributed by atoms with van der Waals surface area (Å²) in [5.41, 5.74) is 3.49. The number of carbonyl (C=O) groups excluding carboxylic acids is 1. The molecule has 2 aromatic carbocycles. The monoisotopic (exact) mass is 353 g/mol. The maximum absolute atomic E-state index is 12.8. The van der Waals surface area contributed by atoms with Crippen molar-refractivity contribution in [1.29, 1.82) is 0 Å². The molecule has 6 heteroatoms. The van der Waals surface area contributed by atoms with Gasteiger partial charge in [-0.15, -0.1) is 0 Å². The Morgan fingerprint density at radius 1 is 1.20 bits per heavy atom. The minimum Gasteiger partial charge on any atom is -0.497 e. The van der Waals surface area contributed by atoms with Crippen LogP contribution in [0.15, 0.2) is 54.9 Å². The van der Waals surface area contributed by atoms with E-state index in [1.54, 1.807) is 37.7 Å². The summed E-state index contributed by atoms with van der Waals surface area (Å²) in [6.07, 6.45) is 1.27. The maximum Gasteiger partial charge on any atom is 0.200 e.